The number of nitrogens with one attached hydrogen (secondary N) is 1. The van der Waals surface area contributed by atoms with Crippen LogP contribution < -0.4 is 5.43 Å². The van der Waals surface area contributed by atoms with Crippen molar-refractivity contribution in [2.24, 2.45) is 5.10 Å². The highest BCUT2D eigenvalue weighted by molar-refractivity contribution is 7.99. The zero-order valence-electron chi connectivity index (χ0n) is 9.30. The van der Waals surface area contributed by atoms with Crippen molar-refractivity contribution in [2.45, 2.75) is 12.5 Å². The Morgan fingerprint density at radius 1 is 1.35 bits per heavy atom. The number of hydrogen-bond donors (Lipinski definition) is 1. The van der Waals surface area contributed by atoms with E-state index in [4.69, 9.17) is 0 Å². The molecular formula is C12H13N3OS. The number of benzene rings is 1. The highest BCUT2D eigenvalue weighted by Gasteiger charge is 2.34. The first-order chi connectivity index (χ1) is 8.36. The predicted molar refractivity (Wildman–Crippen MR) is 68.7 cm³/mol. The standard InChI is InChI=1S/C12H13N3OS/c16-12-10-6-7-17-8-15(10)11(13-14-12)9-4-2-1-3-5-9/h1-5,10H,6-8H2,(H,14,16). The minimum atomic E-state index is -0.0519. The smallest absolute Gasteiger partial charge is 0.262 e. The van der Waals surface area contributed by atoms with Gasteiger partial charge < -0.3 is 4.90 Å². The molecule has 0 aromatic heterocycles. The summed E-state index contributed by atoms with van der Waals surface area (Å²) in [6.07, 6.45) is 0.891. The third kappa shape index (κ3) is 1.91. The van der Waals surface area contributed by atoms with Gasteiger partial charge in [0.2, 0.25) is 0 Å². The van der Waals surface area contributed by atoms with Gasteiger partial charge in [-0.2, -0.15) is 5.10 Å². The minimum absolute atomic E-state index is 0.0185. The molecule has 17 heavy (non-hydrogen) atoms. The van der Waals surface area contributed by atoms with E-state index in [1.807, 2.05) is 42.1 Å². The summed E-state index contributed by atoms with van der Waals surface area (Å²) in [6, 6.07) is 9.94. The Labute approximate surface area is 104 Å². The number of nitrogens with zero attached hydrogens (tertiary/aromatic N) is 2. The summed E-state index contributed by atoms with van der Waals surface area (Å²) in [5.41, 5.74) is 3.68. The summed E-state index contributed by atoms with van der Waals surface area (Å²) in [6.45, 7) is 0. The first-order valence-corrected chi connectivity index (χ1v) is 6.79. The molecule has 2 aliphatic heterocycles. The molecule has 5 heteroatoms. The van der Waals surface area contributed by atoms with Crippen molar-refractivity contribution in [1.29, 1.82) is 0 Å². The molecule has 3 rings (SSSR count). The molecule has 0 saturated carbocycles. The van der Waals surface area contributed by atoms with Crippen LogP contribution in [0.5, 0.6) is 0 Å². The van der Waals surface area contributed by atoms with Crippen molar-refractivity contribution in [3.05, 3.63) is 35.9 Å². The van der Waals surface area contributed by atoms with Gasteiger partial charge >= 0.3 is 0 Å². The fourth-order valence-electron chi connectivity index (χ4n) is 2.15. The Morgan fingerprint density at radius 2 is 2.18 bits per heavy atom. The fraction of sp³-hybridized carbons (Fsp3) is 0.333. The number of carbonyl (C=O) groups excluding carboxylic acids is 1. The van der Waals surface area contributed by atoms with Crippen molar-refractivity contribution < 1.29 is 4.79 Å². The van der Waals surface area contributed by atoms with Gasteiger partial charge in [0.1, 0.15) is 6.04 Å². The summed E-state index contributed by atoms with van der Waals surface area (Å²) in [7, 11) is 0. The molecule has 4 nitrogen and oxygen atoms in total. The third-order valence-corrected chi connectivity index (χ3v) is 4.01. The van der Waals surface area contributed by atoms with E-state index >= 15 is 0 Å². The lowest BCUT2D eigenvalue weighted by molar-refractivity contribution is -0.125. The lowest BCUT2D eigenvalue weighted by Gasteiger charge is -2.38. The van der Waals surface area contributed by atoms with Gasteiger partial charge in [0.05, 0.1) is 5.88 Å². The molecule has 1 saturated heterocycles. The van der Waals surface area contributed by atoms with E-state index in [9.17, 15) is 4.79 Å². The second-order valence-electron chi connectivity index (χ2n) is 4.09. The van der Waals surface area contributed by atoms with Gasteiger partial charge in [-0.1, -0.05) is 30.3 Å². The number of amidine groups is 1. The lowest BCUT2D eigenvalue weighted by atomic mass is 10.1. The zero-order chi connectivity index (χ0) is 11.7. The van der Waals surface area contributed by atoms with E-state index in [0.717, 1.165) is 29.4 Å². The Kier molecular flexibility index (Phi) is 2.76. The van der Waals surface area contributed by atoms with Crippen molar-refractivity contribution in [3.8, 4) is 0 Å². The maximum Gasteiger partial charge on any atom is 0.262 e. The summed E-state index contributed by atoms with van der Waals surface area (Å²) in [4.78, 5) is 13.8. The average molecular weight is 247 g/mol. The molecule has 1 N–H and O–H groups in total. The first-order valence-electron chi connectivity index (χ1n) is 5.63. The van der Waals surface area contributed by atoms with Crippen LogP contribution in [0.3, 0.4) is 0 Å². The second-order valence-corrected chi connectivity index (χ2v) is 5.16. The van der Waals surface area contributed by atoms with Crippen LogP contribution in [0.15, 0.2) is 35.4 Å². The highest BCUT2D eigenvalue weighted by Crippen LogP contribution is 2.24. The number of rotatable bonds is 1. The molecule has 1 atom stereocenters. The second kappa shape index (κ2) is 4.41. The Morgan fingerprint density at radius 3 is 3.00 bits per heavy atom. The Balaban J connectivity index is 1.96. The van der Waals surface area contributed by atoms with Crippen molar-refractivity contribution in [1.82, 2.24) is 10.3 Å². The number of hydrogen-bond acceptors (Lipinski definition) is 4. The lowest BCUT2D eigenvalue weighted by Crippen LogP contribution is -2.55. The zero-order valence-corrected chi connectivity index (χ0v) is 10.1. The van der Waals surface area contributed by atoms with Crippen LogP contribution in [0, 0.1) is 0 Å². The van der Waals surface area contributed by atoms with Gasteiger partial charge in [0.25, 0.3) is 5.91 Å². The molecule has 0 aliphatic carbocycles. The summed E-state index contributed by atoms with van der Waals surface area (Å²) >= 11 is 1.85. The van der Waals surface area contributed by atoms with Crippen LogP contribution in [0.2, 0.25) is 0 Å². The summed E-state index contributed by atoms with van der Waals surface area (Å²) < 4.78 is 0. The van der Waals surface area contributed by atoms with Crippen LogP contribution in [0.1, 0.15) is 12.0 Å². The van der Waals surface area contributed by atoms with E-state index in [2.05, 4.69) is 15.4 Å². The highest BCUT2D eigenvalue weighted by atomic mass is 32.2. The van der Waals surface area contributed by atoms with Gasteiger partial charge in [-0.05, 0) is 12.2 Å². The molecule has 1 aromatic rings. The number of hydrazone groups is 1. The van der Waals surface area contributed by atoms with E-state index in [1.54, 1.807) is 0 Å². The van der Waals surface area contributed by atoms with Crippen molar-refractivity contribution in [2.75, 3.05) is 11.6 Å². The molecule has 0 bridgehead atoms. The van der Waals surface area contributed by atoms with Crippen LogP contribution in [0.4, 0.5) is 0 Å². The third-order valence-electron chi connectivity index (χ3n) is 3.02. The molecule has 2 aliphatic rings. The van der Waals surface area contributed by atoms with Gasteiger partial charge in [0, 0.05) is 5.56 Å². The number of fused-ring (bicyclic) bond motifs is 1. The first kappa shape index (κ1) is 10.7. The maximum absolute atomic E-state index is 11.7. The average Bonchev–Trinajstić information content (AvgIpc) is 2.41. The number of carbonyl (C=O) groups is 1. The van der Waals surface area contributed by atoms with Gasteiger partial charge in [-0.3, -0.25) is 4.79 Å². The van der Waals surface area contributed by atoms with E-state index in [-0.39, 0.29) is 11.9 Å². The Hall–Kier alpha value is -1.49. The van der Waals surface area contributed by atoms with Gasteiger partial charge in [-0.15, -0.1) is 11.8 Å². The van der Waals surface area contributed by atoms with Gasteiger partial charge in [0.15, 0.2) is 5.84 Å². The summed E-state index contributed by atoms with van der Waals surface area (Å²) in [5.74, 6) is 2.77. The van der Waals surface area contributed by atoms with Crippen LogP contribution in [-0.2, 0) is 4.79 Å². The summed E-state index contributed by atoms with van der Waals surface area (Å²) in [5, 5.41) is 4.19. The van der Waals surface area contributed by atoms with E-state index in [0.29, 0.717) is 0 Å². The monoisotopic (exact) mass is 247 g/mol. The molecule has 1 amide bonds. The van der Waals surface area contributed by atoms with Crippen LogP contribution in [-0.4, -0.2) is 34.3 Å². The molecule has 1 unspecified atom stereocenters. The topological polar surface area (TPSA) is 44.7 Å². The largest absolute Gasteiger partial charge is 0.333 e. The predicted octanol–water partition coefficient (Wildman–Crippen LogP) is 1.24. The maximum atomic E-state index is 11.7. The molecule has 0 spiro atoms. The Bertz CT molecular complexity index is 460. The molecule has 1 fully saturated rings. The van der Waals surface area contributed by atoms with E-state index < -0.39 is 0 Å². The molecular weight excluding hydrogens is 234 g/mol. The quantitative estimate of drug-likeness (QED) is 0.812. The molecule has 0 radical (unpaired) electrons. The van der Waals surface area contributed by atoms with Crippen LogP contribution >= 0.6 is 11.8 Å². The number of thioether (sulfide) groups is 1. The minimum Gasteiger partial charge on any atom is -0.333 e. The molecule has 2 heterocycles. The molecule has 88 valence electrons. The van der Waals surface area contributed by atoms with Gasteiger partial charge in [-0.25, -0.2) is 5.43 Å². The SMILES string of the molecule is O=C1NN=C(c2ccccc2)N2CSCCC12. The molecule has 1 aromatic carbocycles. The van der Waals surface area contributed by atoms with E-state index in [1.165, 1.54) is 0 Å². The van der Waals surface area contributed by atoms with Crippen molar-refractivity contribution >= 4 is 23.5 Å². The van der Waals surface area contributed by atoms with Crippen LogP contribution in [0.25, 0.3) is 0 Å². The van der Waals surface area contributed by atoms with Crippen molar-refractivity contribution in [3.63, 3.8) is 0 Å². The number of amides is 1. The normalized spacial score (nSPS) is 23.8. The fourth-order valence-corrected chi connectivity index (χ4v) is 3.17.